The van der Waals surface area contributed by atoms with Crippen LogP contribution in [0.25, 0.3) is 0 Å². The summed E-state index contributed by atoms with van der Waals surface area (Å²) in [4.78, 5) is 21.9. The minimum Gasteiger partial charge on any atom is -0.359 e. The molecule has 0 aliphatic carbocycles. The molecule has 1 aliphatic heterocycles. The van der Waals surface area contributed by atoms with Crippen LogP contribution in [-0.4, -0.2) is 54.5 Å². The Kier molecular flexibility index (Phi) is 19.3. The van der Waals surface area contributed by atoms with E-state index in [4.69, 9.17) is 17.1 Å². The van der Waals surface area contributed by atoms with Crippen LogP contribution in [0.2, 0.25) is 0 Å². The van der Waals surface area contributed by atoms with Crippen molar-refractivity contribution in [2.45, 2.75) is 74.1 Å². The Morgan fingerprint density at radius 1 is 1.20 bits per heavy atom. The van der Waals surface area contributed by atoms with E-state index in [1.54, 1.807) is 5.01 Å². The molecule has 0 radical (unpaired) electrons. The predicted octanol–water partition coefficient (Wildman–Crippen LogP) is 6.81. The molecule has 1 atom stereocenters. The molecule has 0 amide bonds. The number of hydrazone groups is 1. The zero-order valence-electron chi connectivity index (χ0n) is 26.2. The summed E-state index contributed by atoms with van der Waals surface area (Å²) in [6, 6.07) is 10.1. The van der Waals surface area contributed by atoms with Gasteiger partial charge in [-0.05, 0) is 50.3 Å². The SMILES string of the molecule is C#CC(C(C)=O)/C(=N\C1=C(C(/C=C)=C/N(C)c2ccccc2)CCC=NN1CN)N(CCC)CCC.CC.CC. The van der Waals surface area contributed by atoms with E-state index < -0.39 is 5.92 Å². The summed E-state index contributed by atoms with van der Waals surface area (Å²) in [5.74, 6) is 2.96. The van der Waals surface area contributed by atoms with Crippen molar-refractivity contribution < 1.29 is 4.79 Å². The van der Waals surface area contributed by atoms with Crippen LogP contribution in [0.4, 0.5) is 5.69 Å². The van der Waals surface area contributed by atoms with Gasteiger partial charge in [0.2, 0.25) is 0 Å². The quantitative estimate of drug-likeness (QED) is 0.134. The fourth-order valence-corrected chi connectivity index (χ4v) is 4.10. The third kappa shape index (κ3) is 10.9. The van der Waals surface area contributed by atoms with Crippen LogP contribution in [0.3, 0.4) is 0 Å². The number of para-hydroxylation sites is 1. The summed E-state index contributed by atoms with van der Waals surface area (Å²) in [5, 5.41) is 6.22. The maximum Gasteiger partial charge on any atom is 0.156 e. The molecule has 1 aromatic rings. The highest BCUT2D eigenvalue weighted by Crippen LogP contribution is 2.29. The van der Waals surface area contributed by atoms with Crippen LogP contribution in [0, 0.1) is 18.3 Å². The number of hydrogen-bond acceptors (Lipinski definition) is 6. The lowest BCUT2D eigenvalue weighted by Crippen LogP contribution is -2.40. The minimum absolute atomic E-state index is 0.115. The number of rotatable bonds is 12. The van der Waals surface area contributed by atoms with Crippen molar-refractivity contribution in [3.63, 3.8) is 0 Å². The van der Waals surface area contributed by atoms with Gasteiger partial charge in [0.15, 0.2) is 11.6 Å². The molecule has 1 heterocycles. The van der Waals surface area contributed by atoms with E-state index in [1.165, 1.54) is 6.92 Å². The average molecular weight is 549 g/mol. The fraction of sp³-hybridized carbons (Fsp3) is 0.485. The van der Waals surface area contributed by atoms with Crippen LogP contribution >= 0.6 is 0 Å². The summed E-state index contributed by atoms with van der Waals surface area (Å²) in [6.45, 7) is 19.4. The van der Waals surface area contributed by atoms with Gasteiger partial charge < -0.3 is 15.5 Å². The first kappa shape index (κ1) is 36.4. The van der Waals surface area contributed by atoms with Crippen LogP contribution in [0.1, 0.15) is 74.1 Å². The van der Waals surface area contributed by atoms with Gasteiger partial charge in [-0.1, -0.05) is 78.3 Å². The van der Waals surface area contributed by atoms with E-state index >= 15 is 0 Å². The van der Waals surface area contributed by atoms with Gasteiger partial charge in [0.25, 0.3) is 0 Å². The number of terminal acetylenes is 1. The highest BCUT2D eigenvalue weighted by molar-refractivity contribution is 6.06. The molecule has 0 spiro atoms. The summed E-state index contributed by atoms with van der Waals surface area (Å²) < 4.78 is 0. The molecule has 1 aliphatic rings. The van der Waals surface area contributed by atoms with Gasteiger partial charge in [0, 0.05) is 43.8 Å². The normalized spacial score (nSPS) is 14.1. The molecule has 0 saturated carbocycles. The van der Waals surface area contributed by atoms with Crippen LogP contribution < -0.4 is 10.6 Å². The number of amidine groups is 1. The van der Waals surface area contributed by atoms with Gasteiger partial charge in [0.05, 0.1) is 6.67 Å². The first-order valence-corrected chi connectivity index (χ1v) is 14.6. The second kappa shape index (κ2) is 21.2. The molecule has 1 unspecified atom stereocenters. The van der Waals surface area contributed by atoms with Gasteiger partial charge in [-0.3, -0.25) is 4.79 Å². The lowest BCUT2D eigenvalue weighted by Gasteiger charge is -2.30. The standard InChI is InChI=1S/C29H40N6O.2C2H6/c1-7-19-34(20-8-2)28(26(10-4)23(5)36)32-29-27(17-14-18-31-35(29)22-30)24(9-3)21-33(6)25-15-12-11-13-16-25;2*1-2/h4,9,11-13,15-16,18,21,26H,3,7-8,14,17,19-20,22,30H2,1-2,5-6H3;2*1-2H3/b24-21+,32-28+;;. The first-order valence-electron chi connectivity index (χ1n) is 14.6. The Bertz CT molecular complexity index is 1040. The number of nitrogens with zero attached hydrogens (tertiary/aromatic N) is 5. The maximum atomic E-state index is 12.6. The zero-order chi connectivity index (χ0) is 30.5. The summed E-state index contributed by atoms with van der Waals surface area (Å²) >= 11 is 0. The van der Waals surface area contributed by atoms with E-state index in [-0.39, 0.29) is 12.5 Å². The summed E-state index contributed by atoms with van der Waals surface area (Å²) in [5.41, 5.74) is 9.02. The molecule has 0 aromatic heterocycles. The van der Waals surface area contributed by atoms with Gasteiger partial charge >= 0.3 is 0 Å². The zero-order valence-corrected chi connectivity index (χ0v) is 26.2. The number of aliphatic imine (C=N–C) groups is 1. The number of carbonyl (C=O) groups is 1. The average Bonchev–Trinajstić information content (AvgIpc) is 3.19. The monoisotopic (exact) mass is 548 g/mol. The smallest absolute Gasteiger partial charge is 0.156 e. The Labute approximate surface area is 244 Å². The van der Waals surface area contributed by atoms with E-state index in [1.807, 2.05) is 88.5 Å². The van der Waals surface area contributed by atoms with Gasteiger partial charge in [-0.2, -0.15) is 5.10 Å². The van der Waals surface area contributed by atoms with E-state index in [0.29, 0.717) is 18.1 Å². The molecule has 1 aromatic carbocycles. The lowest BCUT2D eigenvalue weighted by molar-refractivity contribution is -0.117. The molecule has 2 N–H and O–H groups in total. The molecule has 40 heavy (non-hydrogen) atoms. The lowest BCUT2D eigenvalue weighted by atomic mass is 10.0. The number of allylic oxidation sites excluding steroid dienone is 3. The van der Waals surface area contributed by atoms with Crippen molar-refractivity contribution in [3.05, 3.63) is 66.2 Å². The van der Waals surface area contributed by atoms with E-state index in [0.717, 1.165) is 49.2 Å². The predicted molar refractivity (Wildman–Crippen MR) is 174 cm³/mol. The molecule has 0 bridgehead atoms. The topological polar surface area (TPSA) is 77.5 Å². The number of hydrogen-bond donors (Lipinski definition) is 1. The highest BCUT2D eigenvalue weighted by atomic mass is 16.1. The number of benzene rings is 1. The van der Waals surface area contributed by atoms with E-state index in [9.17, 15) is 4.79 Å². The third-order valence-corrected chi connectivity index (χ3v) is 5.86. The van der Waals surface area contributed by atoms with Crippen molar-refractivity contribution in [2.75, 3.05) is 31.7 Å². The van der Waals surface area contributed by atoms with Gasteiger partial charge in [-0.15, -0.1) is 6.42 Å². The van der Waals surface area contributed by atoms with Gasteiger partial charge in [0.1, 0.15) is 11.8 Å². The first-order chi connectivity index (χ1) is 19.4. The molecule has 220 valence electrons. The van der Waals surface area contributed by atoms with E-state index in [2.05, 4.69) is 36.3 Å². The van der Waals surface area contributed by atoms with Crippen LogP contribution in [0.15, 0.2) is 76.2 Å². The number of nitrogens with two attached hydrogens (primary N) is 1. The van der Waals surface area contributed by atoms with Crippen molar-refractivity contribution in [2.24, 2.45) is 21.7 Å². The summed E-state index contributed by atoms with van der Waals surface area (Å²) in [7, 11) is 2.00. The fourth-order valence-electron chi connectivity index (χ4n) is 4.10. The Morgan fingerprint density at radius 3 is 2.27 bits per heavy atom. The Balaban J connectivity index is 0.00000363. The maximum absolute atomic E-state index is 12.6. The van der Waals surface area contributed by atoms with Crippen molar-refractivity contribution in [1.82, 2.24) is 9.91 Å². The van der Waals surface area contributed by atoms with Gasteiger partial charge in [-0.25, -0.2) is 10.0 Å². The molecular weight excluding hydrogens is 496 g/mol. The third-order valence-electron chi connectivity index (χ3n) is 5.86. The molecule has 0 saturated heterocycles. The summed E-state index contributed by atoms with van der Waals surface area (Å²) in [6.07, 6.45) is 14.8. The Hall–Kier alpha value is -3.63. The van der Waals surface area contributed by atoms with Crippen molar-refractivity contribution in [1.29, 1.82) is 0 Å². The number of anilines is 1. The number of Topliss-reactive ketones (excluding diaryl/α,β-unsaturated/α-hetero) is 1. The van der Waals surface area contributed by atoms with Crippen LogP contribution in [-0.2, 0) is 4.79 Å². The molecular formula is C33H52N6O. The molecule has 0 fully saturated rings. The highest BCUT2D eigenvalue weighted by Gasteiger charge is 2.27. The van der Waals surface area contributed by atoms with Crippen molar-refractivity contribution >= 4 is 23.5 Å². The van der Waals surface area contributed by atoms with Crippen molar-refractivity contribution in [3.8, 4) is 12.3 Å². The number of carbonyl (C=O) groups excluding carboxylic acids is 1. The second-order valence-corrected chi connectivity index (χ2v) is 8.62. The minimum atomic E-state index is -0.758. The second-order valence-electron chi connectivity index (χ2n) is 8.62. The molecule has 7 nitrogen and oxygen atoms in total. The van der Waals surface area contributed by atoms with Crippen LogP contribution in [0.5, 0.6) is 0 Å². The molecule has 2 rings (SSSR count). The largest absolute Gasteiger partial charge is 0.359 e. The molecule has 7 heteroatoms. The number of ketones is 1. The Morgan fingerprint density at radius 2 is 1.80 bits per heavy atom.